The van der Waals surface area contributed by atoms with E-state index >= 15 is 0 Å². The maximum atomic E-state index is 11.6. The maximum absolute atomic E-state index is 11.6. The number of hydrogen-bond donors (Lipinski definition) is 0. The van der Waals surface area contributed by atoms with Gasteiger partial charge in [0.1, 0.15) is 5.70 Å². The minimum Gasteiger partial charge on any atom is -0.423 e. The molecule has 0 radical (unpaired) electrons. The van der Waals surface area contributed by atoms with Crippen LogP contribution < -0.4 is 5.46 Å². The van der Waals surface area contributed by atoms with Crippen LogP contribution in [0.3, 0.4) is 0 Å². The number of benzene rings is 2. The van der Waals surface area contributed by atoms with Crippen LogP contribution in [0.2, 0.25) is 5.82 Å². The first-order valence-electron chi connectivity index (χ1n) is 9.46. The van der Waals surface area contributed by atoms with E-state index in [1.54, 1.807) is 24.3 Å². The van der Waals surface area contributed by atoms with Crippen LogP contribution in [0, 0.1) is 21.9 Å². The van der Waals surface area contributed by atoms with Crippen LogP contribution in [0.1, 0.15) is 23.7 Å². The average Bonchev–Trinajstić information content (AvgIpc) is 2.94. The highest BCUT2D eigenvalue weighted by Crippen LogP contribution is 2.52. The highest BCUT2D eigenvalue weighted by molar-refractivity contribution is 6.72. The monoisotopic (exact) mass is 386 g/mol. The number of para-hydroxylation sites is 1. The fourth-order valence-electron chi connectivity index (χ4n) is 3.93. The van der Waals surface area contributed by atoms with E-state index in [0.29, 0.717) is 17.7 Å². The van der Waals surface area contributed by atoms with Gasteiger partial charge < -0.3 is 4.65 Å². The Morgan fingerprint density at radius 3 is 2.66 bits per heavy atom. The average molecular weight is 386 g/mol. The van der Waals surface area contributed by atoms with Crippen molar-refractivity contribution in [3.63, 3.8) is 0 Å². The number of rotatable bonds is 5. The van der Waals surface area contributed by atoms with Crippen LogP contribution in [0.4, 0.5) is 5.69 Å². The molecule has 2 aliphatic rings. The Bertz CT molecular complexity index is 1040. The zero-order valence-electron chi connectivity index (χ0n) is 15.9. The smallest absolute Gasteiger partial charge is 0.338 e. The topological polar surface area (TPSA) is 81.8 Å². The van der Waals surface area contributed by atoms with E-state index in [0.717, 1.165) is 16.6 Å². The molecule has 6 nitrogen and oxygen atoms in total. The molecule has 0 N–H and O–H groups in total. The molecule has 1 heterocycles. The zero-order chi connectivity index (χ0) is 20.4. The third-order valence-corrected chi connectivity index (χ3v) is 5.40. The van der Waals surface area contributed by atoms with E-state index in [1.165, 1.54) is 6.07 Å². The SMILES string of the molecule is Cc1ccc(B2OC(c3ccccc3[N+](=O)[O-])C2C2=CC=CCC=C2N=O)cc1. The molecule has 1 aliphatic heterocycles. The lowest BCUT2D eigenvalue weighted by molar-refractivity contribution is -0.386. The van der Waals surface area contributed by atoms with Gasteiger partial charge in [0, 0.05) is 11.9 Å². The summed E-state index contributed by atoms with van der Waals surface area (Å²) in [5.41, 5.74) is 3.73. The number of nitro benzene ring substituents is 1. The van der Waals surface area contributed by atoms with E-state index in [2.05, 4.69) is 5.18 Å². The molecule has 0 bridgehead atoms. The first-order valence-corrected chi connectivity index (χ1v) is 9.46. The van der Waals surface area contributed by atoms with Crippen molar-refractivity contribution in [3.05, 3.63) is 110 Å². The van der Waals surface area contributed by atoms with Crippen LogP contribution in [0.15, 0.2) is 89.3 Å². The minimum absolute atomic E-state index is 0.0132. The molecule has 29 heavy (non-hydrogen) atoms. The number of aryl methyl sites for hydroxylation is 1. The predicted octanol–water partition coefficient (Wildman–Crippen LogP) is 4.78. The maximum Gasteiger partial charge on any atom is 0.338 e. The normalized spacial score (nSPS) is 20.9. The van der Waals surface area contributed by atoms with Gasteiger partial charge in [-0.1, -0.05) is 66.3 Å². The van der Waals surface area contributed by atoms with Gasteiger partial charge >= 0.3 is 6.92 Å². The Labute approximate surface area is 168 Å². The molecule has 144 valence electrons. The number of allylic oxidation sites excluding steroid dienone is 5. The molecule has 4 rings (SSSR count). The summed E-state index contributed by atoms with van der Waals surface area (Å²) >= 11 is 0. The van der Waals surface area contributed by atoms with Crippen molar-refractivity contribution in [2.75, 3.05) is 0 Å². The molecule has 1 fully saturated rings. The number of nitro groups is 1. The number of nitrogens with zero attached hydrogens (tertiary/aromatic N) is 2. The van der Waals surface area contributed by atoms with Gasteiger partial charge in [-0.25, -0.2) is 0 Å². The van der Waals surface area contributed by atoms with Crippen LogP contribution in [0.25, 0.3) is 0 Å². The lowest BCUT2D eigenvalue weighted by atomic mass is 9.41. The third kappa shape index (κ3) is 3.57. The summed E-state index contributed by atoms with van der Waals surface area (Å²) in [6.45, 7) is 1.69. The van der Waals surface area contributed by atoms with Crippen LogP contribution in [-0.2, 0) is 4.65 Å². The molecule has 2 aromatic carbocycles. The molecule has 7 heteroatoms. The Kier molecular flexibility index (Phi) is 5.23. The highest BCUT2D eigenvalue weighted by atomic mass is 16.6. The highest BCUT2D eigenvalue weighted by Gasteiger charge is 2.52. The predicted molar refractivity (Wildman–Crippen MR) is 113 cm³/mol. The van der Waals surface area contributed by atoms with Crippen LogP contribution in [0.5, 0.6) is 0 Å². The molecule has 0 amide bonds. The molecule has 0 saturated carbocycles. The van der Waals surface area contributed by atoms with E-state index in [9.17, 15) is 15.0 Å². The summed E-state index contributed by atoms with van der Waals surface area (Å²) in [6, 6.07) is 14.6. The van der Waals surface area contributed by atoms with Gasteiger partial charge in [0.15, 0.2) is 0 Å². The van der Waals surface area contributed by atoms with Crippen molar-refractivity contribution in [3.8, 4) is 0 Å². The Hall–Kier alpha value is -3.32. The van der Waals surface area contributed by atoms with Crippen molar-refractivity contribution in [1.29, 1.82) is 0 Å². The van der Waals surface area contributed by atoms with E-state index in [1.807, 2.05) is 49.4 Å². The van der Waals surface area contributed by atoms with Gasteiger partial charge in [0.05, 0.1) is 16.6 Å². The summed E-state index contributed by atoms with van der Waals surface area (Å²) in [5, 5.41) is 14.8. The molecule has 0 spiro atoms. The summed E-state index contributed by atoms with van der Waals surface area (Å²) in [7, 11) is 0. The van der Waals surface area contributed by atoms with E-state index in [-0.39, 0.29) is 18.4 Å². The standard InChI is InChI=1S/C22H19BN2O4/c1-15-11-13-16(14-12-15)23-21(17-7-3-2-4-9-19(17)24-26)22(29-23)18-8-5-6-10-20(18)25(27)28/h2-3,5-14,21-22H,4H2,1H3. The summed E-state index contributed by atoms with van der Waals surface area (Å²) < 4.78 is 6.20. The Morgan fingerprint density at radius 2 is 1.93 bits per heavy atom. The third-order valence-electron chi connectivity index (χ3n) is 5.40. The Balaban J connectivity index is 1.80. The first-order chi connectivity index (χ1) is 14.1. The summed E-state index contributed by atoms with van der Waals surface area (Å²) in [4.78, 5) is 22.7. The van der Waals surface area contributed by atoms with Gasteiger partial charge in [-0.15, -0.1) is 4.91 Å². The second-order valence-electron chi connectivity index (χ2n) is 7.20. The van der Waals surface area contributed by atoms with Crippen molar-refractivity contribution >= 4 is 18.1 Å². The van der Waals surface area contributed by atoms with Crippen LogP contribution >= 0.6 is 0 Å². The van der Waals surface area contributed by atoms with Gasteiger partial charge in [-0.05, 0) is 35.6 Å². The second-order valence-corrected chi connectivity index (χ2v) is 7.20. The fraction of sp³-hybridized carbons (Fsp3) is 0.182. The lowest BCUT2D eigenvalue weighted by Crippen LogP contribution is -2.52. The van der Waals surface area contributed by atoms with Gasteiger partial charge in [-0.2, -0.15) is 0 Å². The largest absolute Gasteiger partial charge is 0.423 e. The second kappa shape index (κ2) is 7.97. The summed E-state index contributed by atoms with van der Waals surface area (Å²) in [6.07, 6.45) is 7.56. The molecule has 1 saturated heterocycles. The molecule has 2 aromatic rings. The van der Waals surface area contributed by atoms with Gasteiger partial charge in [0.25, 0.3) is 5.69 Å². The lowest BCUT2D eigenvalue weighted by Gasteiger charge is -2.44. The first kappa shape index (κ1) is 19.0. The Morgan fingerprint density at radius 1 is 1.17 bits per heavy atom. The fourth-order valence-corrected chi connectivity index (χ4v) is 3.93. The van der Waals surface area contributed by atoms with Crippen molar-refractivity contribution < 1.29 is 9.58 Å². The molecular weight excluding hydrogens is 367 g/mol. The quantitative estimate of drug-likeness (QED) is 0.321. The zero-order valence-corrected chi connectivity index (χ0v) is 15.9. The van der Waals surface area contributed by atoms with E-state index in [4.69, 9.17) is 4.65 Å². The van der Waals surface area contributed by atoms with E-state index < -0.39 is 11.0 Å². The van der Waals surface area contributed by atoms with Crippen LogP contribution in [-0.4, -0.2) is 11.8 Å². The molecule has 1 aliphatic carbocycles. The van der Waals surface area contributed by atoms with Gasteiger partial charge in [-0.3, -0.25) is 10.1 Å². The van der Waals surface area contributed by atoms with Crippen molar-refractivity contribution in [2.24, 2.45) is 5.18 Å². The molecule has 0 aromatic heterocycles. The number of nitroso groups, excluding NO2 is 1. The van der Waals surface area contributed by atoms with Gasteiger partial charge in [0.2, 0.25) is 0 Å². The molecular formula is C22H19BN2O4. The summed E-state index contributed by atoms with van der Waals surface area (Å²) in [5.74, 6) is -0.259. The number of hydrogen-bond acceptors (Lipinski definition) is 5. The molecule has 2 unspecified atom stereocenters. The van der Waals surface area contributed by atoms with Crippen molar-refractivity contribution in [2.45, 2.75) is 25.3 Å². The molecule has 2 atom stereocenters. The van der Waals surface area contributed by atoms with Crippen molar-refractivity contribution in [1.82, 2.24) is 0 Å². The minimum atomic E-state index is -0.536.